The number of halogens is 2. The van der Waals surface area contributed by atoms with Crippen molar-refractivity contribution >= 4 is 27.3 Å². The molecule has 0 saturated carbocycles. The molecule has 2 aromatic rings. The Bertz CT molecular complexity index is 967. The molecule has 0 aliphatic heterocycles. The summed E-state index contributed by atoms with van der Waals surface area (Å²) in [4.78, 5) is 12.7. The zero-order valence-corrected chi connectivity index (χ0v) is 16.6. The monoisotopic (exact) mass is 396 g/mol. The molecule has 0 radical (unpaired) electrons. The molecule has 0 aliphatic rings. The molecule has 146 valence electrons. The average Bonchev–Trinajstić information content (AvgIpc) is 2.52. The van der Waals surface area contributed by atoms with Gasteiger partial charge in [-0.1, -0.05) is 17.7 Å². The third kappa shape index (κ3) is 4.63. The second-order valence-electron chi connectivity index (χ2n) is 6.60. The lowest BCUT2D eigenvalue weighted by Crippen LogP contribution is -2.45. The molecule has 0 bridgehead atoms. The van der Waals surface area contributed by atoms with Crippen LogP contribution in [0.3, 0.4) is 0 Å². The van der Waals surface area contributed by atoms with Crippen molar-refractivity contribution in [2.75, 3.05) is 15.9 Å². The number of carbonyl (C=O) groups is 1. The van der Waals surface area contributed by atoms with Gasteiger partial charge in [0.2, 0.25) is 15.9 Å². The zero-order valence-electron chi connectivity index (χ0n) is 15.8. The molecule has 2 aromatic carbocycles. The molecule has 1 N–H and O–H groups in total. The summed E-state index contributed by atoms with van der Waals surface area (Å²) in [6.45, 7) is 6.99. The second kappa shape index (κ2) is 7.64. The Morgan fingerprint density at radius 3 is 2.07 bits per heavy atom. The number of amides is 1. The van der Waals surface area contributed by atoms with Crippen molar-refractivity contribution in [1.29, 1.82) is 0 Å². The van der Waals surface area contributed by atoms with Gasteiger partial charge in [-0.05, 0) is 51.0 Å². The summed E-state index contributed by atoms with van der Waals surface area (Å²) >= 11 is 0. The Balaban J connectivity index is 2.40. The highest BCUT2D eigenvalue weighted by Gasteiger charge is 2.30. The number of benzene rings is 2. The highest BCUT2D eigenvalue weighted by atomic mass is 32.2. The van der Waals surface area contributed by atoms with Crippen molar-refractivity contribution in [3.63, 3.8) is 0 Å². The van der Waals surface area contributed by atoms with Gasteiger partial charge in [-0.15, -0.1) is 0 Å². The summed E-state index contributed by atoms with van der Waals surface area (Å²) in [6, 6.07) is 5.31. The molecule has 0 saturated heterocycles. The van der Waals surface area contributed by atoms with E-state index in [1.807, 2.05) is 32.9 Å². The van der Waals surface area contributed by atoms with Crippen LogP contribution >= 0.6 is 0 Å². The number of hydrogen-bond acceptors (Lipinski definition) is 3. The highest BCUT2D eigenvalue weighted by Crippen LogP contribution is 2.26. The summed E-state index contributed by atoms with van der Waals surface area (Å²) in [5.74, 6) is -2.88. The number of nitrogens with zero attached hydrogens (tertiary/aromatic N) is 1. The van der Waals surface area contributed by atoms with Gasteiger partial charge in [0, 0.05) is 11.8 Å². The first-order chi connectivity index (χ1) is 12.4. The molecule has 8 heteroatoms. The maximum absolute atomic E-state index is 13.6. The molecular formula is C19H22F2N2O3S. The molecule has 1 atom stereocenters. The fourth-order valence-corrected chi connectivity index (χ4v) is 4.20. The highest BCUT2D eigenvalue weighted by molar-refractivity contribution is 7.92. The normalized spacial score (nSPS) is 12.6. The van der Waals surface area contributed by atoms with E-state index in [0.717, 1.165) is 45.5 Å². The van der Waals surface area contributed by atoms with Gasteiger partial charge in [-0.3, -0.25) is 9.10 Å². The van der Waals surface area contributed by atoms with Gasteiger partial charge in [0.1, 0.15) is 6.04 Å². The van der Waals surface area contributed by atoms with Crippen LogP contribution in [0.4, 0.5) is 20.2 Å². The minimum Gasteiger partial charge on any atom is -0.324 e. The Labute approximate surface area is 158 Å². The number of aryl methyl sites for hydroxylation is 3. The van der Waals surface area contributed by atoms with Crippen molar-refractivity contribution in [2.45, 2.75) is 33.7 Å². The van der Waals surface area contributed by atoms with Crippen molar-refractivity contribution in [3.8, 4) is 0 Å². The largest absolute Gasteiger partial charge is 0.324 e. The maximum atomic E-state index is 13.6. The summed E-state index contributed by atoms with van der Waals surface area (Å²) < 4.78 is 52.0. The number of carbonyl (C=O) groups excluding carboxylic acids is 1. The number of sulfonamides is 1. The number of anilines is 2. The molecule has 0 fully saturated rings. The predicted molar refractivity (Wildman–Crippen MR) is 102 cm³/mol. The van der Waals surface area contributed by atoms with E-state index < -0.39 is 33.6 Å². The predicted octanol–water partition coefficient (Wildman–Crippen LogP) is 3.68. The molecule has 0 aromatic heterocycles. The number of rotatable bonds is 5. The molecular weight excluding hydrogens is 374 g/mol. The van der Waals surface area contributed by atoms with Crippen LogP contribution in [-0.2, 0) is 14.8 Å². The zero-order chi connectivity index (χ0) is 20.5. The molecule has 27 heavy (non-hydrogen) atoms. The van der Waals surface area contributed by atoms with E-state index in [1.54, 1.807) is 0 Å². The van der Waals surface area contributed by atoms with Gasteiger partial charge < -0.3 is 5.32 Å². The van der Waals surface area contributed by atoms with Crippen LogP contribution in [0, 0.1) is 32.4 Å². The maximum Gasteiger partial charge on any atom is 0.248 e. The van der Waals surface area contributed by atoms with E-state index in [9.17, 15) is 22.0 Å². The fourth-order valence-electron chi connectivity index (χ4n) is 3.04. The fraction of sp³-hybridized carbons (Fsp3) is 0.316. The topological polar surface area (TPSA) is 66.5 Å². The van der Waals surface area contributed by atoms with Crippen LogP contribution in [0.5, 0.6) is 0 Å². The van der Waals surface area contributed by atoms with Crippen LogP contribution in [0.1, 0.15) is 23.6 Å². The minimum absolute atomic E-state index is 0.128. The van der Waals surface area contributed by atoms with Crippen LogP contribution in [0.2, 0.25) is 0 Å². The molecule has 5 nitrogen and oxygen atoms in total. The van der Waals surface area contributed by atoms with Gasteiger partial charge in [0.05, 0.1) is 11.9 Å². The molecule has 1 amide bonds. The third-order valence-electron chi connectivity index (χ3n) is 4.17. The minimum atomic E-state index is -3.93. The van der Waals surface area contributed by atoms with E-state index in [2.05, 4.69) is 5.32 Å². The molecule has 0 heterocycles. The first-order valence-corrected chi connectivity index (χ1v) is 10.1. The molecule has 2 rings (SSSR count). The smallest absolute Gasteiger partial charge is 0.248 e. The van der Waals surface area contributed by atoms with Gasteiger partial charge in [0.15, 0.2) is 11.6 Å². The van der Waals surface area contributed by atoms with E-state index in [1.165, 1.54) is 6.92 Å². The number of hydrogen-bond donors (Lipinski definition) is 1. The van der Waals surface area contributed by atoms with Gasteiger partial charge in [-0.2, -0.15) is 0 Å². The van der Waals surface area contributed by atoms with Crippen molar-refractivity contribution in [2.24, 2.45) is 0 Å². The summed E-state index contributed by atoms with van der Waals surface area (Å²) in [7, 11) is -3.93. The van der Waals surface area contributed by atoms with Crippen LogP contribution in [-0.4, -0.2) is 26.6 Å². The number of nitrogens with one attached hydrogen (secondary N) is 1. The second-order valence-corrected chi connectivity index (χ2v) is 8.46. The van der Waals surface area contributed by atoms with Crippen LogP contribution in [0.25, 0.3) is 0 Å². The Morgan fingerprint density at radius 1 is 1.04 bits per heavy atom. The van der Waals surface area contributed by atoms with Crippen molar-refractivity contribution in [1.82, 2.24) is 0 Å². The molecule has 1 unspecified atom stereocenters. The summed E-state index contributed by atoms with van der Waals surface area (Å²) in [5.41, 5.74) is 3.18. The van der Waals surface area contributed by atoms with Crippen molar-refractivity contribution in [3.05, 3.63) is 58.7 Å². The van der Waals surface area contributed by atoms with E-state index in [0.29, 0.717) is 5.69 Å². The van der Waals surface area contributed by atoms with E-state index >= 15 is 0 Å². The summed E-state index contributed by atoms with van der Waals surface area (Å²) in [6.07, 6.45) is 0.903. The quantitative estimate of drug-likeness (QED) is 0.838. The van der Waals surface area contributed by atoms with E-state index in [-0.39, 0.29) is 5.69 Å². The van der Waals surface area contributed by atoms with Crippen molar-refractivity contribution < 1.29 is 22.0 Å². The standard InChI is InChI=1S/C19H22F2N2O3S/c1-11-8-12(2)18(13(3)9-11)22-19(24)14(4)23(27(5,25)26)15-6-7-16(20)17(21)10-15/h6-10,14H,1-5H3,(H,22,24). The van der Waals surface area contributed by atoms with Crippen LogP contribution < -0.4 is 9.62 Å². The average molecular weight is 396 g/mol. The molecule has 0 aliphatic carbocycles. The SMILES string of the molecule is Cc1cc(C)c(NC(=O)C(C)N(c2ccc(F)c(F)c2)S(C)(=O)=O)c(C)c1. The Kier molecular flexibility index (Phi) is 5.89. The lowest BCUT2D eigenvalue weighted by atomic mass is 10.0. The van der Waals surface area contributed by atoms with Gasteiger partial charge >= 0.3 is 0 Å². The van der Waals surface area contributed by atoms with Gasteiger partial charge in [0.25, 0.3) is 0 Å². The lowest BCUT2D eigenvalue weighted by molar-refractivity contribution is -0.116. The first-order valence-electron chi connectivity index (χ1n) is 8.25. The Hall–Kier alpha value is -2.48. The lowest BCUT2D eigenvalue weighted by Gasteiger charge is -2.28. The van der Waals surface area contributed by atoms with Crippen LogP contribution in [0.15, 0.2) is 30.3 Å². The Morgan fingerprint density at radius 2 is 1.59 bits per heavy atom. The molecule has 0 spiro atoms. The summed E-state index contributed by atoms with van der Waals surface area (Å²) in [5, 5.41) is 2.74. The van der Waals surface area contributed by atoms with E-state index in [4.69, 9.17) is 0 Å². The first kappa shape index (κ1) is 20.8. The third-order valence-corrected chi connectivity index (χ3v) is 5.41. The van der Waals surface area contributed by atoms with Gasteiger partial charge in [-0.25, -0.2) is 17.2 Å².